The quantitative estimate of drug-likeness (QED) is 0.840. The zero-order valence-electron chi connectivity index (χ0n) is 10.5. The molecule has 94 valence electrons. The molecule has 0 spiro atoms. The van der Waals surface area contributed by atoms with Crippen molar-refractivity contribution in [3.63, 3.8) is 0 Å². The summed E-state index contributed by atoms with van der Waals surface area (Å²) in [6.45, 7) is 1.69. The van der Waals surface area contributed by atoms with Gasteiger partial charge in [-0.2, -0.15) is 0 Å². The van der Waals surface area contributed by atoms with Gasteiger partial charge in [-0.3, -0.25) is 0 Å². The fourth-order valence-electron chi connectivity index (χ4n) is 3.11. The highest BCUT2D eigenvalue weighted by Gasteiger charge is 2.29. The van der Waals surface area contributed by atoms with Crippen molar-refractivity contribution in [2.24, 2.45) is 0 Å². The molecule has 1 aliphatic heterocycles. The average molecular weight is 235 g/mol. The van der Waals surface area contributed by atoms with Crippen LogP contribution in [0.4, 0.5) is 0 Å². The van der Waals surface area contributed by atoms with E-state index >= 15 is 0 Å². The summed E-state index contributed by atoms with van der Waals surface area (Å²) in [6, 6.07) is 0.937. The first-order valence-electron chi connectivity index (χ1n) is 6.69. The van der Waals surface area contributed by atoms with Crippen LogP contribution in [0, 0.1) is 0 Å². The van der Waals surface area contributed by atoms with Crippen LogP contribution in [0.15, 0.2) is 6.33 Å². The first kappa shape index (κ1) is 11.2. The van der Waals surface area contributed by atoms with Crippen LogP contribution in [-0.4, -0.2) is 35.9 Å². The number of rotatable bonds is 2. The zero-order chi connectivity index (χ0) is 11.7. The number of hydrogen-bond donors (Lipinski definition) is 1. The Labute approximate surface area is 102 Å². The van der Waals surface area contributed by atoms with Crippen LogP contribution < -0.4 is 5.32 Å². The lowest BCUT2D eigenvalue weighted by atomic mass is 9.98. The van der Waals surface area contributed by atoms with Crippen molar-refractivity contribution >= 4 is 0 Å². The molecular formula is C13H21N3O. The second-order valence-corrected chi connectivity index (χ2v) is 5.08. The summed E-state index contributed by atoms with van der Waals surface area (Å²) in [4.78, 5) is 4.58. The first-order chi connectivity index (χ1) is 8.40. The number of aromatic nitrogens is 2. The molecule has 0 amide bonds. The normalized spacial score (nSPS) is 29.0. The van der Waals surface area contributed by atoms with Crippen LogP contribution in [-0.2, 0) is 17.6 Å². The molecule has 1 saturated heterocycles. The summed E-state index contributed by atoms with van der Waals surface area (Å²) in [7, 11) is 2.05. The van der Waals surface area contributed by atoms with Gasteiger partial charge in [-0.1, -0.05) is 0 Å². The fraction of sp³-hybridized carbons (Fsp3) is 0.769. The van der Waals surface area contributed by atoms with E-state index in [0.717, 1.165) is 26.1 Å². The summed E-state index contributed by atoms with van der Waals surface area (Å²) in [6.07, 6.45) is 8.05. The van der Waals surface area contributed by atoms with E-state index in [9.17, 15) is 0 Å². The number of ether oxygens (including phenoxy) is 1. The van der Waals surface area contributed by atoms with Crippen molar-refractivity contribution in [2.75, 3.05) is 20.3 Å². The maximum Gasteiger partial charge on any atom is 0.0955 e. The Morgan fingerprint density at radius 2 is 2.29 bits per heavy atom. The van der Waals surface area contributed by atoms with Crippen molar-refractivity contribution < 1.29 is 4.74 Å². The highest BCUT2D eigenvalue weighted by molar-refractivity contribution is 5.18. The minimum Gasteiger partial charge on any atom is -0.379 e. The Kier molecular flexibility index (Phi) is 3.16. The lowest BCUT2D eigenvalue weighted by molar-refractivity contribution is 0.0380. The largest absolute Gasteiger partial charge is 0.379 e. The molecule has 2 atom stereocenters. The summed E-state index contributed by atoms with van der Waals surface area (Å²) < 4.78 is 8.01. The summed E-state index contributed by atoms with van der Waals surface area (Å²) in [5.41, 5.74) is 2.77. The lowest BCUT2D eigenvalue weighted by Crippen LogP contribution is -2.42. The molecule has 1 aromatic rings. The molecule has 0 radical (unpaired) electrons. The molecule has 1 fully saturated rings. The van der Waals surface area contributed by atoms with Gasteiger partial charge in [-0.15, -0.1) is 0 Å². The Bertz CT molecular complexity index is 388. The molecule has 1 N–H and O–H groups in total. The predicted octanol–water partition coefficient (Wildman–Crippen LogP) is 1.31. The van der Waals surface area contributed by atoms with Crippen LogP contribution in [0.3, 0.4) is 0 Å². The topological polar surface area (TPSA) is 39.1 Å². The van der Waals surface area contributed by atoms with Crippen LogP contribution in [0.2, 0.25) is 0 Å². The van der Waals surface area contributed by atoms with E-state index in [1.807, 2.05) is 13.4 Å². The molecular weight excluding hydrogens is 214 g/mol. The Balaban J connectivity index is 1.89. The molecule has 1 aliphatic carbocycles. The summed E-state index contributed by atoms with van der Waals surface area (Å²) in [5, 5.41) is 3.42. The van der Waals surface area contributed by atoms with Gasteiger partial charge in [0.15, 0.2) is 0 Å². The van der Waals surface area contributed by atoms with Gasteiger partial charge in [-0.25, -0.2) is 4.98 Å². The van der Waals surface area contributed by atoms with E-state index in [2.05, 4.69) is 14.9 Å². The number of nitrogens with one attached hydrogen (secondary N) is 1. The fourth-order valence-corrected chi connectivity index (χ4v) is 3.11. The minimum atomic E-state index is 0.420. The molecule has 1 aromatic heterocycles. The third-order valence-corrected chi connectivity index (χ3v) is 4.11. The highest BCUT2D eigenvalue weighted by atomic mass is 16.5. The van der Waals surface area contributed by atoms with Crippen molar-refractivity contribution in [3.05, 3.63) is 17.7 Å². The number of hydrogen-bond acceptors (Lipinski definition) is 3. The number of fused-ring (bicyclic) bond motifs is 1. The van der Waals surface area contributed by atoms with Crippen molar-refractivity contribution in [1.82, 2.24) is 14.9 Å². The van der Waals surface area contributed by atoms with E-state index in [4.69, 9.17) is 4.74 Å². The third kappa shape index (κ3) is 2.00. The third-order valence-electron chi connectivity index (χ3n) is 4.11. The van der Waals surface area contributed by atoms with Crippen LogP contribution in [0.5, 0.6) is 0 Å². The smallest absolute Gasteiger partial charge is 0.0955 e. The van der Waals surface area contributed by atoms with Gasteiger partial charge in [-0.05, 0) is 39.2 Å². The van der Waals surface area contributed by atoms with Crippen molar-refractivity contribution in [1.29, 1.82) is 0 Å². The standard InChI is InChI=1S/C13H21N3O/c1-14-10-6-7-17-8-13(10)16-9-15-11-4-2-3-5-12(11)16/h9-10,13-14H,2-8H2,1H3. The van der Waals surface area contributed by atoms with Gasteiger partial charge >= 0.3 is 0 Å². The molecule has 2 aliphatic rings. The second-order valence-electron chi connectivity index (χ2n) is 5.08. The van der Waals surface area contributed by atoms with Crippen LogP contribution in [0.25, 0.3) is 0 Å². The molecule has 0 bridgehead atoms. The van der Waals surface area contributed by atoms with E-state index in [-0.39, 0.29) is 0 Å². The molecule has 17 heavy (non-hydrogen) atoms. The van der Waals surface area contributed by atoms with Gasteiger partial charge in [0, 0.05) is 18.3 Å². The van der Waals surface area contributed by atoms with Gasteiger partial charge in [0.25, 0.3) is 0 Å². The summed E-state index contributed by atoms with van der Waals surface area (Å²) in [5.74, 6) is 0. The van der Waals surface area contributed by atoms with Gasteiger partial charge in [0.1, 0.15) is 0 Å². The molecule has 2 heterocycles. The van der Waals surface area contributed by atoms with Crippen molar-refractivity contribution in [2.45, 2.75) is 44.2 Å². The van der Waals surface area contributed by atoms with E-state index in [0.29, 0.717) is 12.1 Å². The van der Waals surface area contributed by atoms with Crippen LogP contribution >= 0.6 is 0 Å². The number of likely N-dealkylation sites (N-methyl/N-ethyl adjacent to an activating group) is 1. The highest BCUT2D eigenvalue weighted by Crippen LogP contribution is 2.27. The Morgan fingerprint density at radius 3 is 3.18 bits per heavy atom. The molecule has 2 unspecified atom stereocenters. The average Bonchev–Trinajstić information content (AvgIpc) is 2.82. The predicted molar refractivity (Wildman–Crippen MR) is 66.2 cm³/mol. The Hall–Kier alpha value is -0.870. The maximum absolute atomic E-state index is 5.64. The monoisotopic (exact) mass is 235 g/mol. The Morgan fingerprint density at radius 1 is 1.41 bits per heavy atom. The van der Waals surface area contributed by atoms with E-state index in [1.165, 1.54) is 30.7 Å². The number of imidazole rings is 1. The zero-order valence-corrected chi connectivity index (χ0v) is 10.5. The lowest BCUT2D eigenvalue weighted by Gasteiger charge is -2.33. The maximum atomic E-state index is 5.64. The van der Waals surface area contributed by atoms with Crippen molar-refractivity contribution in [3.8, 4) is 0 Å². The van der Waals surface area contributed by atoms with Gasteiger partial charge < -0.3 is 14.6 Å². The molecule has 0 aromatic carbocycles. The minimum absolute atomic E-state index is 0.420. The van der Waals surface area contributed by atoms with E-state index in [1.54, 1.807) is 0 Å². The van der Waals surface area contributed by atoms with Crippen LogP contribution in [0.1, 0.15) is 36.7 Å². The molecule has 4 nitrogen and oxygen atoms in total. The molecule has 4 heteroatoms. The molecule has 3 rings (SSSR count). The first-order valence-corrected chi connectivity index (χ1v) is 6.69. The van der Waals surface area contributed by atoms with E-state index < -0.39 is 0 Å². The van der Waals surface area contributed by atoms with Gasteiger partial charge in [0.05, 0.1) is 24.7 Å². The SMILES string of the molecule is CNC1CCOCC1n1cnc2c1CCCC2. The summed E-state index contributed by atoms with van der Waals surface area (Å²) >= 11 is 0. The molecule has 0 saturated carbocycles. The van der Waals surface area contributed by atoms with Gasteiger partial charge in [0.2, 0.25) is 0 Å². The number of aryl methyl sites for hydroxylation is 1. The number of nitrogens with zero attached hydrogens (tertiary/aromatic N) is 2. The second kappa shape index (κ2) is 4.78.